The molecular weight excluding hydrogens is 421 g/mol. The zero-order valence-electron chi connectivity index (χ0n) is 21.3. The van der Waals surface area contributed by atoms with E-state index in [1.165, 1.54) is 16.7 Å². The number of hydrogen-bond donors (Lipinski definition) is 3. The first-order valence-electron chi connectivity index (χ1n) is 11.8. The van der Waals surface area contributed by atoms with Gasteiger partial charge in [0, 0.05) is 6.54 Å². The Kier molecular flexibility index (Phi) is 14.7. The van der Waals surface area contributed by atoms with Gasteiger partial charge in [-0.25, -0.2) is 0 Å². The maximum Gasteiger partial charge on any atom is 0.340 e. The summed E-state index contributed by atoms with van der Waals surface area (Å²) in [4.78, 5) is 31.7. The Bertz CT molecular complexity index is 748. The minimum Gasteiger partial charge on any atom is -0.352 e. The summed E-state index contributed by atoms with van der Waals surface area (Å²) >= 11 is 0. The lowest BCUT2D eigenvalue weighted by Crippen LogP contribution is -2.45. The van der Waals surface area contributed by atoms with E-state index < -0.39 is 18.7 Å². The minimum absolute atomic E-state index is 0.108. The van der Waals surface area contributed by atoms with Gasteiger partial charge < -0.3 is 15.1 Å². The van der Waals surface area contributed by atoms with Crippen LogP contribution in [0.1, 0.15) is 99.8 Å². The molecule has 0 aromatic carbocycles. The number of carbonyl (C=O) groups excluding carboxylic acids is 1. The highest BCUT2D eigenvalue weighted by molar-refractivity contribution is 7.54. The Hall–Kier alpha value is -1.42. The maximum absolute atomic E-state index is 12.4. The molecule has 0 atom stereocenters. The van der Waals surface area contributed by atoms with Crippen molar-refractivity contribution in [2.45, 2.75) is 105 Å². The molecule has 0 spiro atoms. The normalized spacial score (nSPS) is 13.8. The molecule has 3 N–H and O–H groups in total. The molecule has 0 radical (unpaired) electrons. The third-order valence-electron chi connectivity index (χ3n) is 6.02. The van der Waals surface area contributed by atoms with Crippen LogP contribution in [0, 0.1) is 0 Å². The molecule has 0 aromatic heterocycles. The second-order valence-electron chi connectivity index (χ2n) is 9.04. The fraction of sp³-hybridized carbons (Fsp3) is 0.654. The molecule has 0 heterocycles. The predicted molar refractivity (Wildman–Crippen MR) is 137 cm³/mol. The zero-order valence-corrected chi connectivity index (χ0v) is 22.2. The number of allylic oxidation sites excluding steroid dienone is 7. The van der Waals surface area contributed by atoms with Gasteiger partial charge in [-0.3, -0.25) is 9.36 Å². The standard InChI is InChI=1S/C26H46NO4P/c1-8-26(9-2,32(29,30)31)25(28)27-20-19-24(7)18-12-17-23(6)16-11-15-22(5)14-10-13-21(3)4/h13,15,17,19H,8-12,14,16,18,20H2,1-7H3,(H,27,28)(H2,29,30,31). The Balaban J connectivity index is 4.46. The van der Waals surface area contributed by atoms with E-state index in [2.05, 4.69) is 51.2 Å². The van der Waals surface area contributed by atoms with Crippen molar-refractivity contribution in [3.8, 4) is 0 Å². The van der Waals surface area contributed by atoms with Gasteiger partial charge in [0.1, 0.15) is 5.16 Å². The summed E-state index contributed by atoms with van der Waals surface area (Å²) in [5.41, 5.74) is 5.36. The van der Waals surface area contributed by atoms with Crippen molar-refractivity contribution in [2.24, 2.45) is 0 Å². The van der Waals surface area contributed by atoms with E-state index in [1.54, 1.807) is 13.8 Å². The van der Waals surface area contributed by atoms with Crippen LogP contribution in [0.25, 0.3) is 0 Å². The van der Waals surface area contributed by atoms with Gasteiger partial charge >= 0.3 is 7.60 Å². The summed E-state index contributed by atoms with van der Waals surface area (Å²) in [6.45, 7) is 14.2. The Morgan fingerprint density at radius 3 is 1.56 bits per heavy atom. The van der Waals surface area contributed by atoms with Crippen LogP contribution in [0.2, 0.25) is 0 Å². The van der Waals surface area contributed by atoms with Gasteiger partial charge in [-0.15, -0.1) is 0 Å². The highest BCUT2D eigenvalue weighted by Crippen LogP contribution is 2.54. The molecule has 0 rings (SSSR count). The molecule has 0 unspecified atom stereocenters. The number of amides is 1. The molecule has 0 saturated carbocycles. The average molecular weight is 468 g/mol. The SMILES string of the molecule is CCC(CC)(C(=O)NCC=C(C)CCC=C(C)CCC=C(C)CCC=C(C)C)P(=O)(O)O. The molecule has 32 heavy (non-hydrogen) atoms. The molecule has 0 aromatic rings. The molecule has 0 aliphatic carbocycles. The van der Waals surface area contributed by atoms with E-state index >= 15 is 0 Å². The number of rotatable bonds is 15. The minimum atomic E-state index is -4.53. The highest BCUT2D eigenvalue weighted by atomic mass is 31.2. The van der Waals surface area contributed by atoms with Crippen LogP contribution in [-0.2, 0) is 9.36 Å². The van der Waals surface area contributed by atoms with Crippen LogP contribution in [0.4, 0.5) is 0 Å². The van der Waals surface area contributed by atoms with E-state index in [0.29, 0.717) is 0 Å². The fourth-order valence-corrected chi connectivity index (χ4v) is 4.75. The van der Waals surface area contributed by atoms with Crippen LogP contribution in [0.3, 0.4) is 0 Å². The Labute approximate surface area is 196 Å². The molecule has 0 aliphatic rings. The second-order valence-corrected chi connectivity index (χ2v) is 11.0. The lowest BCUT2D eigenvalue weighted by Gasteiger charge is -2.30. The van der Waals surface area contributed by atoms with Crippen molar-refractivity contribution < 1.29 is 19.1 Å². The maximum atomic E-state index is 12.4. The molecule has 0 bridgehead atoms. The van der Waals surface area contributed by atoms with Crippen LogP contribution in [-0.4, -0.2) is 27.4 Å². The number of nitrogens with one attached hydrogen (secondary N) is 1. The van der Waals surface area contributed by atoms with Gasteiger partial charge in [0.15, 0.2) is 0 Å². The predicted octanol–water partition coefficient (Wildman–Crippen LogP) is 6.98. The van der Waals surface area contributed by atoms with Crippen molar-refractivity contribution in [1.82, 2.24) is 5.32 Å². The molecule has 0 aliphatic heterocycles. The smallest absolute Gasteiger partial charge is 0.340 e. The zero-order chi connectivity index (χ0) is 24.8. The second kappa shape index (κ2) is 15.4. The van der Waals surface area contributed by atoms with Crippen molar-refractivity contribution in [1.29, 1.82) is 0 Å². The number of hydrogen-bond acceptors (Lipinski definition) is 2. The van der Waals surface area contributed by atoms with E-state index in [9.17, 15) is 19.1 Å². The summed E-state index contributed by atoms with van der Waals surface area (Å²) < 4.78 is 11.8. The molecule has 0 saturated heterocycles. The fourth-order valence-electron chi connectivity index (χ4n) is 3.59. The van der Waals surface area contributed by atoms with E-state index in [0.717, 1.165) is 44.1 Å². The molecule has 5 nitrogen and oxygen atoms in total. The highest BCUT2D eigenvalue weighted by Gasteiger charge is 2.50. The van der Waals surface area contributed by atoms with Crippen LogP contribution >= 0.6 is 7.60 Å². The third kappa shape index (κ3) is 11.4. The van der Waals surface area contributed by atoms with Crippen molar-refractivity contribution >= 4 is 13.5 Å². The van der Waals surface area contributed by atoms with Gasteiger partial charge in [-0.1, -0.05) is 60.4 Å². The lowest BCUT2D eigenvalue weighted by molar-refractivity contribution is -0.124. The van der Waals surface area contributed by atoms with Crippen LogP contribution in [0.15, 0.2) is 46.6 Å². The summed E-state index contributed by atoms with van der Waals surface area (Å²) in [6.07, 6.45) is 15.3. The van der Waals surface area contributed by atoms with Crippen molar-refractivity contribution in [2.75, 3.05) is 6.54 Å². The molecule has 6 heteroatoms. The van der Waals surface area contributed by atoms with Gasteiger partial charge in [0.05, 0.1) is 0 Å². The van der Waals surface area contributed by atoms with Gasteiger partial charge in [-0.05, 0) is 86.0 Å². The molecular formula is C26H46NO4P. The average Bonchev–Trinajstić information content (AvgIpc) is 2.68. The topological polar surface area (TPSA) is 86.6 Å². The van der Waals surface area contributed by atoms with Gasteiger partial charge in [0.25, 0.3) is 0 Å². The van der Waals surface area contributed by atoms with Gasteiger partial charge in [-0.2, -0.15) is 0 Å². The van der Waals surface area contributed by atoms with E-state index in [-0.39, 0.29) is 19.4 Å². The first kappa shape index (κ1) is 30.6. The largest absolute Gasteiger partial charge is 0.352 e. The molecule has 1 amide bonds. The monoisotopic (exact) mass is 467 g/mol. The van der Waals surface area contributed by atoms with E-state index in [4.69, 9.17) is 0 Å². The first-order chi connectivity index (χ1) is 14.9. The Morgan fingerprint density at radius 1 is 0.781 bits per heavy atom. The summed E-state index contributed by atoms with van der Waals surface area (Å²) in [5, 5.41) is 1.06. The lowest BCUT2D eigenvalue weighted by atomic mass is 10.0. The number of carbonyl (C=O) groups is 1. The van der Waals surface area contributed by atoms with Crippen LogP contribution in [0.5, 0.6) is 0 Å². The Morgan fingerprint density at radius 2 is 1.19 bits per heavy atom. The quantitative estimate of drug-likeness (QED) is 0.179. The van der Waals surface area contributed by atoms with E-state index in [1.807, 2.05) is 13.0 Å². The first-order valence-corrected chi connectivity index (χ1v) is 13.4. The molecule has 184 valence electrons. The summed E-state index contributed by atoms with van der Waals surface area (Å²) in [6, 6.07) is 0. The summed E-state index contributed by atoms with van der Waals surface area (Å²) in [7, 11) is -4.53. The molecule has 0 fully saturated rings. The van der Waals surface area contributed by atoms with Gasteiger partial charge in [0.2, 0.25) is 5.91 Å². The van der Waals surface area contributed by atoms with Crippen LogP contribution < -0.4 is 5.32 Å². The third-order valence-corrected chi connectivity index (χ3v) is 7.97. The van der Waals surface area contributed by atoms with Crippen molar-refractivity contribution in [3.05, 3.63) is 46.6 Å². The van der Waals surface area contributed by atoms with Crippen molar-refractivity contribution in [3.63, 3.8) is 0 Å². The summed E-state index contributed by atoms with van der Waals surface area (Å²) in [5.74, 6) is -0.570.